The van der Waals surface area contributed by atoms with Crippen LogP contribution in [0.5, 0.6) is 0 Å². The molecule has 3 rings (SSSR count). The molecule has 0 heterocycles. The van der Waals surface area contributed by atoms with E-state index in [0.29, 0.717) is 24.8 Å². The molecule has 0 spiro atoms. The quantitative estimate of drug-likeness (QED) is 0.0628. The standard InChI is InChI=1S/C52H81N9O10S/c1-31(2)38(60(14)46(66)40(49(6,7)8)57-45(65)41(61(15)48(68)71-50(9,10)11)51(12,13)34-20-17-16-18-21-34)30-33(5)42(62)59-72(69,70)36-25-23-35(24-26-36)52(27-28-52)58-43(63)37(22-19-29-55-47(54)67)56-44(64)39(53)32(3)4/h16-18,20-21,23-26,30-32,37-41H,19,22,27-29,53H2,1-15H3,(H,56,64)(H,57,65)(H,58,63)(H,59,62)(H3,54,55,67)/b33-30+/t37-,38-,39-,40-,41-/m1/s1. The van der Waals surface area contributed by atoms with Gasteiger partial charge in [-0.05, 0) is 93.9 Å². The topological polar surface area (TPSA) is 282 Å². The fourth-order valence-electron chi connectivity index (χ4n) is 8.26. The van der Waals surface area contributed by atoms with Crippen molar-refractivity contribution in [2.24, 2.45) is 28.7 Å². The molecule has 19 nitrogen and oxygen atoms in total. The molecule has 9 N–H and O–H groups in total. The lowest BCUT2D eigenvalue weighted by Gasteiger charge is -2.42. The van der Waals surface area contributed by atoms with Crippen LogP contribution in [0.4, 0.5) is 9.59 Å². The monoisotopic (exact) mass is 1020 g/mol. The maximum absolute atomic E-state index is 14.6. The van der Waals surface area contributed by atoms with Crippen LogP contribution in [0, 0.1) is 17.3 Å². The zero-order chi connectivity index (χ0) is 54.9. The molecule has 5 atom stereocenters. The summed E-state index contributed by atoms with van der Waals surface area (Å²) in [5.74, 6) is -3.47. The lowest BCUT2D eigenvalue weighted by Crippen LogP contribution is -2.63. The Morgan fingerprint density at radius 2 is 1.36 bits per heavy atom. The van der Waals surface area contributed by atoms with Crippen molar-refractivity contribution in [1.82, 2.24) is 35.8 Å². The predicted octanol–water partition coefficient (Wildman–Crippen LogP) is 4.69. The highest BCUT2D eigenvalue weighted by molar-refractivity contribution is 7.90. The van der Waals surface area contributed by atoms with Gasteiger partial charge in [0.15, 0.2) is 0 Å². The van der Waals surface area contributed by atoms with Crippen molar-refractivity contribution < 1.29 is 46.7 Å². The van der Waals surface area contributed by atoms with E-state index in [9.17, 15) is 42.0 Å². The smallest absolute Gasteiger partial charge is 0.410 e. The maximum Gasteiger partial charge on any atom is 0.410 e. The van der Waals surface area contributed by atoms with Crippen LogP contribution >= 0.6 is 0 Å². The van der Waals surface area contributed by atoms with Gasteiger partial charge in [0.25, 0.3) is 15.9 Å². The molecule has 1 aliphatic rings. The number of nitrogens with zero attached hydrogens (tertiary/aromatic N) is 2. The number of nitrogens with one attached hydrogen (secondary N) is 5. The molecule has 400 valence electrons. The van der Waals surface area contributed by atoms with Gasteiger partial charge in [0, 0.05) is 31.6 Å². The molecule has 0 aromatic heterocycles. The van der Waals surface area contributed by atoms with E-state index in [0.717, 1.165) is 5.56 Å². The molecule has 1 aliphatic carbocycles. The number of hydrogen-bond acceptors (Lipinski definition) is 11. The average Bonchev–Trinajstić information content (AvgIpc) is 4.06. The minimum absolute atomic E-state index is 0.00889. The Kier molecular flexibility index (Phi) is 20.2. The van der Waals surface area contributed by atoms with Gasteiger partial charge in [0.1, 0.15) is 23.7 Å². The Morgan fingerprint density at radius 3 is 1.85 bits per heavy atom. The number of carbonyl (C=O) groups is 7. The highest BCUT2D eigenvalue weighted by atomic mass is 32.2. The van der Waals surface area contributed by atoms with Gasteiger partial charge in [-0.1, -0.05) is 111 Å². The van der Waals surface area contributed by atoms with Gasteiger partial charge in [-0.3, -0.25) is 28.9 Å². The normalized spacial score (nSPS) is 16.0. The Balaban J connectivity index is 1.84. The number of likely N-dealkylation sites (N-methyl/N-ethyl adjacent to an activating group) is 2. The van der Waals surface area contributed by atoms with Gasteiger partial charge in [0.2, 0.25) is 23.6 Å². The Labute approximate surface area is 426 Å². The molecule has 8 amide bonds. The van der Waals surface area contributed by atoms with Gasteiger partial charge in [-0.15, -0.1) is 0 Å². The number of rotatable bonds is 22. The number of ether oxygens (including phenoxy) is 1. The molecule has 0 unspecified atom stereocenters. The number of carbonyl (C=O) groups excluding carboxylic acids is 7. The van der Waals surface area contributed by atoms with Crippen LogP contribution in [0.3, 0.4) is 0 Å². The first-order valence-electron chi connectivity index (χ1n) is 24.4. The van der Waals surface area contributed by atoms with Crippen molar-refractivity contribution in [3.8, 4) is 0 Å². The van der Waals surface area contributed by atoms with E-state index in [2.05, 4.69) is 26.0 Å². The minimum Gasteiger partial charge on any atom is -0.444 e. The van der Waals surface area contributed by atoms with E-state index in [1.54, 1.807) is 74.6 Å². The fourth-order valence-corrected chi connectivity index (χ4v) is 9.28. The number of urea groups is 1. The van der Waals surface area contributed by atoms with Crippen LogP contribution in [0.2, 0.25) is 0 Å². The van der Waals surface area contributed by atoms with Crippen molar-refractivity contribution in [3.05, 3.63) is 77.4 Å². The molecule has 2 aromatic carbocycles. The van der Waals surface area contributed by atoms with Gasteiger partial charge in [-0.2, -0.15) is 0 Å². The van der Waals surface area contributed by atoms with Crippen LogP contribution in [0.15, 0.2) is 71.1 Å². The second kappa shape index (κ2) is 24.1. The molecule has 0 bridgehead atoms. The third-order valence-electron chi connectivity index (χ3n) is 12.9. The van der Waals surface area contributed by atoms with Crippen LogP contribution in [0.25, 0.3) is 0 Å². The lowest BCUT2D eigenvalue weighted by atomic mass is 9.76. The number of hydrogen-bond donors (Lipinski definition) is 7. The van der Waals surface area contributed by atoms with Crippen molar-refractivity contribution in [2.75, 3.05) is 20.6 Å². The molecule has 0 aliphatic heterocycles. The Hall–Kier alpha value is -6.02. The summed E-state index contributed by atoms with van der Waals surface area (Å²) in [5, 5.41) is 11.2. The van der Waals surface area contributed by atoms with Crippen molar-refractivity contribution in [3.63, 3.8) is 0 Å². The van der Waals surface area contributed by atoms with Crippen LogP contribution in [0.1, 0.15) is 127 Å². The van der Waals surface area contributed by atoms with Crippen molar-refractivity contribution >= 4 is 51.7 Å². The molecule has 2 aromatic rings. The van der Waals surface area contributed by atoms with Gasteiger partial charge >= 0.3 is 12.1 Å². The van der Waals surface area contributed by atoms with E-state index in [-0.39, 0.29) is 35.3 Å². The molecular formula is C52H81N9O10S. The molecular weight excluding hydrogens is 943 g/mol. The summed E-state index contributed by atoms with van der Waals surface area (Å²) in [6.45, 7) is 23.1. The summed E-state index contributed by atoms with van der Waals surface area (Å²) in [5.41, 5.74) is 9.10. The van der Waals surface area contributed by atoms with Crippen molar-refractivity contribution in [2.45, 2.75) is 167 Å². The summed E-state index contributed by atoms with van der Waals surface area (Å²) in [6.07, 6.45) is 2.37. The molecule has 72 heavy (non-hydrogen) atoms. The number of benzene rings is 2. The highest BCUT2D eigenvalue weighted by Gasteiger charge is 2.48. The fraction of sp³-hybridized carbons (Fsp3) is 0.596. The zero-order valence-electron chi connectivity index (χ0n) is 44.9. The van der Waals surface area contributed by atoms with Crippen LogP contribution in [-0.4, -0.2) is 116 Å². The summed E-state index contributed by atoms with van der Waals surface area (Å²) < 4.78 is 35.1. The summed E-state index contributed by atoms with van der Waals surface area (Å²) in [6, 6.07) is 9.44. The highest BCUT2D eigenvalue weighted by Crippen LogP contribution is 2.46. The van der Waals surface area contributed by atoms with E-state index >= 15 is 0 Å². The number of nitrogens with two attached hydrogens (primary N) is 2. The summed E-state index contributed by atoms with van der Waals surface area (Å²) in [7, 11) is -1.39. The SMILES string of the molecule is C/C(=C\[C@H](C(C)C)N(C)C(=O)[C@@H](NC(=O)[C@@H](N(C)C(=O)OC(C)(C)C)C(C)(C)c1ccccc1)C(C)(C)C)C(=O)NS(=O)(=O)c1ccc(C2(NC(=O)[C@@H](CCCNC(N)=O)NC(=O)[C@H](N)C(C)C)CC2)cc1. The largest absolute Gasteiger partial charge is 0.444 e. The molecule has 0 saturated heterocycles. The van der Waals surface area contributed by atoms with E-state index in [4.69, 9.17) is 16.2 Å². The number of amides is 8. The Morgan fingerprint density at radius 1 is 0.792 bits per heavy atom. The molecule has 20 heteroatoms. The Bertz CT molecular complexity index is 2410. The first kappa shape index (κ1) is 60.3. The number of sulfonamides is 1. The third kappa shape index (κ3) is 16.2. The maximum atomic E-state index is 14.6. The minimum atomic E-state index is -4.42. The first-order valence-corrected chi connectivity index (χ1v) is 25.9. The molecule has 1 saturated carbocycles. The zero-order valence-corrected chi connectivity index (χ0v) is 45.7. The predicted molar refractivity (Wildman–Crippen MR) is 276 cm³/mol. The summed E-state index contributed by atoms with van der Waals surface area (Å²) in [4.78, 5) is 96.6. The van der Waals surface area contributed by atoms with Crippen LogP contribution < -0.4 is 37.5 Å². The summed E-state index contributed by atoms with van der Waals surface area (Å²) >= 11 is 0. The molecule has 0 radical (unpaired) electrons. The van der Waals surface area contributed by atoms with E-state index in [1.165, 1.54) is 42.0 Å². The second-order valence-electron chi connectivity index (χ2n) is 22.2. The second-order valence-corrected chi connectivity index (χ2v) is 23.9. The average molecular weight is 1020 g/mol. The van der Waals surface area contributed by atoms with E-state index in [1.807, 2.05) is 58.0 Å². The lowest BCUT2D eigenvalue weighted by molar-refractivity contribution is -0.141. The van der Waals surface area contributed by atoms with Gasteiger partial charge in [-0.25, -0.2) is 22.7 Å². The first-order chi connectivity index (χ1) is 33.1. The van der Waals surface area contributed by atoms with Crippen molar-refractivity contribution in [1.29, 1.82) is 0 Å². The van der Waals surface area contributed by atoms with Crippen LogP contribution in [-0.2, 0) is 49.7 Å². The van der Waals surface area contributed by atoms with Gasteiger partial charge in [0.05, 0.1) is 22.5 Å². The van der Waals surface area contributed by atoms with Gasteiger partial charge < -0.3 is 42.4 Å². The molecule has 1 fully saturated rings. The van der Waals surface area contributed by atoms with E-state index < -0.39 is 104 Å². The number of primary amides is 1. The third-order valence-corrected chi connectivity index (χ3v) is 14.2.